The molecule has 0 unspecified atom stereocenters. The summed E-state index contributed by atoms with van der Waals surface area (Å²) in [5.41, 5.74) is 2.06. The van der Waals surface area contributed by atoms with Gasteiger partial charge in [0.1, 0.15) is 0 Å². The van der Waals surface area contributed by atoms with E-state index in [9.17, 15) is 0 Å². The molecule has 4 nitrogen and oxygen atoms in total. The second-order valence-electron chi connectivity index (χ2n) is 1.70. The number of thiazole rings is 1. The highest BCUT2D eigenvalue weighted by atomic mass is 127. The fourth-order valence-electron chi connectivity index (χ4n) is 0.515. The molecule has 1 heterocycles. The molecule has 0 aromatic carbocycles. The predicted molar refractivity (Wildman–Crippen MR) is 34.7 cm³/mol. The van der Waals surface area contributed by atoms with Crippen molar-refractivity contribution in [2.24, 2.45) is 0 Å². The quantitative estimate of drug-likeness (QED) is 0.311. The topological polar surface area (TPSA) is 73.1 Å². The van der Waals surface area contributed by atoms with Gasteiger partial charge >= 0.3 is 0 Å². The Hall–Kier alpha value is -0.0200. The number of aromatic nitrogens is 1. The van der Waals surface area contributed by atoms with Gasteiger partial charge in [0.05, 0.1) is 5.38 Å². The lowest BCUT2D eigenvalue weighted by Gasteiger charge is -1.84. The first kappa shape index (κ1) is 12.0. The van der Waals surface area contributed by atoms with Gasteiger partial charge in [-0.05, 0) is 6.08 Å². The lowest BCUT2D eigenvalue weighted by Crippen LogP contribution is -4.05. The maximum absolute atomic E-state index is 8.57. The van der Waals surface area contributed by atoms with E-state index in [0.717, 1.165) is 6.54 Å². The van der Waals surface area contributed by atoms with Crippen LogP contribution in [0.4, 0.5) is 0 Å². The third-order valence-corrected chi connectivity index (χ3v) is 1.54. The smallest absolute Gasteiger partial charge is 0.282 e. The second kappa shape index (κ2) is 7.62. The number of rotatable bonds is 2. The lowest BCUT2D eigenvalue weighted by molar-refractivity contribution is -1.73. The largest absolute Gasteiger partial charge is 0.427 e. The third-order valence-electron chi connectivity index (χ3n) is 0.867. The Morgan fingerprint density at radius 3 is 2.42 bits per heavy atom. The van der Waals surface area contributed by atoms with Crippen molar-refractivity contribution in [3.8, 4) is 0 Å². The normalized spacial score (nSPS) is 9.00. The Labute approximate surface area is 83.5 Å². The lowest BCUT2D eigenvalue weighted by atomic mass is 10.6. The second-order valence-corrected chi connectivity index (χ2v) is 3.53. The van der Waals surface area contributed by atoms with E-state index in [-0.39, 0.29) is 0 Å². The molecule has 0 aliphatic heterocycles. The highest BCUT2D eigenvalue weighted by molar-refractivity contribution is 7.07. The minimum atomic E-state index is -4.01. The fraction of sp³-hybridized carbons (Fsp3) is 0.167. The average molecular weight is 301 g/mol. The molecule has 68 valence electrons. The number of hydrogen-bond acceptors (Lipinski definition) is 4. The van der Waals surface area contributed by atoms with Crippen LogP contribution < -0.4 is 35.9 Å². The Morgan fingerprint density at radius 1 is 1.50 bits per heavy atom. The zero-order chi connectivity index (χ0) is 9.40. The van der Waals surface area contributed by atoms with E-state index >= 15 is 0 Å². The minimum Gasteiger partial charge on any atom is -0.427 e. The molecule has 0 fully saturated rings. The summed E-state index contributed by atoms with van der Waals surface area (Å²) in [6.45, 7) is 4.54. The van der Waals surface area contributed by atoms with Gasteiger partial charge in [-0.2, -0.15) is 4.57 Å². The summed E-state index contributed by atoms with van der Waals surface area (Å²) >= 11 is -2.32. The molecule has 12 heavy (non-hydrogen) atoms. The van der Waals surface area contributed by atoms with Gasteiger partial charge in [0, 0.05) is 0 Å². The molecule has 0 radical (unpaired) electrons. The van der Waals surface area contributed by atoms with Gasteiger partial charge in [0.2, 0.25) is 5.51 Å². The third kappa shape index (κ3) is 8.08. The minimum absolute atomic E-state index is 0.920. The van der Waals surface area contributed by atoms with E-state index in [0.29, 0.717) is 0 Å². The molecule has 1 rings (SSSR count). The van der Waals surface area contributed by atoms with Gasteiger partial charge < -0.3 is 10.3 Å². The highest BCUT2D eigenvalue weighted by Gasteiger charge is 1.91. The first-order valence-electron chi connectivity index (χ1n) is 2.92. The Kier molecular flexibility index (Phi) is 7.61. The van der Waals surface area contributed by atoms with Crippen LogP contribution in [-0.4, -0.2) is 0 Å². The molecule has 0 aliphatic carbocycles. The van der Waals surface area contributed by atoms with Crippen molar-refractivity contribution < 1.29 is 35.9 Å². The summed E-state index contributed by atoms with van der Waals surface area (Å²) in [6.07, 6.45) is 3.92. The molecule has 0 bridgehead atoms. The van der Waals surface area contributed by atoms with Crippen LogP contribution in [0, 0.1) is 0 Å². The number of allylic oxidation sites excluding steroid dienone is 1. The van der Waals surface area contributed by atoms with Gasteiger partial charge in [-0.15, -0.1) is 0 Å². The van der Waals surface area contributed by atoms with E-state index in [1.54, 1.807) is 11.3 Å². The molecule has 1 aromatic heterocycles. The van der Waals surface area contributed by atoms with Crippen LogP contribution in [-0.2, 0) is 6.54 Å². The molecule has 0 atom stereocenters. The molecule has 0 saturated carbocycles. The summed E-state index contributed by atoms with van der Waals surface area (Å²) in [7, 11) is 0. The van der Waals surface area contributed by atoms with Gasteiger partial charge in [-0.3, -0.25) is 0 Å². The SMILES string of the molecule is C=CC[n+]1ccsc1.[O-][I+2]([O-])[O-]. The Bertz CT molecular complexity index is 200. The van der Waals surface area contributed by atoms with E-state index in [1.165, 1.54) is 0 Å². The number of halogens is 1. The van der Waals surface area contributed by atoms with Gasteiger partial charge in [-0.1, -0.05) is 17.9 Å². The van der Waals surface area contributed by atoms with Gasteiger partial charge in [-0.25, -0.2) is 0 Å². The summed E-state index contributed by atoms with van der Waals surface area (Å²) in [6, 6.07) is 0. The van der Waals surface area contributed by atoms with E-state index in [1.807, 2.05) is 17.7 Å². The first-order chi connectivity index (χ1) is 5.66. The molecule has 0 saturated heterocycles. The van der Waals surface area contributed by atoms with Crippen LogP contribution >= 0.6 is 11.3 Å². The van der Waals surface area contributed by atoms with Crippen molar-refractivity contribution in [2.75, 3.05) is 0 Å². The Morgan fingerprint density at radius 2 is 2.08 bits per heavy atom. The maximum atomic E-state index is 8.57. The van der Waals surface area contributed by atoms with E-state index < -0.39 is 21.1 Å². The molecular weight excluding hydrogens is 293 g/mol. The zero-order valence-electron chi connectivity index (χ0n) is 6.18. The average Bonchev–Trinajstić information content (AvgIpc) is 2.39. The monoisotopic (exact) mass is 301 g/mol. The van der Waals surface area contributed by atoms with Gasteiger partial charge in [0.25, 0.3) is 21.1 Å². The van der Waals surface area contributed by atoms with Crippen molar-refractivity contribution in [3.05, 3.63) is 29.7 Å². The highest BCUT2D eigenvalue weighted by Crippen LogP contribution is 1.86. The standard InChI is InChI=1S/C6H8NS.IO3/c1-2-3-7-4-5-8-6-7;2-1(3)4/h2,4-6H,1,3H2;/q+1;-1. The van der Waals surface area contributed by atoms with Crippen molar-refractivity contribution in [1.82, 2.24) is 0 Å². The van der Waals surface area contributed by atoms with Crippen LogP contribution in [0.15, 0.2) is 29.7 Å². The van der Waals surface area contributed by atoms with Crippen LogP contribution in [0.5, 0.6) is 0 Å². The van der Waals surface area contributed by atoms with Gasteiger partial charge in [0.15, 0.2) is 12.7 Å². The fourth-order valence-corrected chi connectivity index (χ4v) is 1.12. The summed E-state index contributed by atoms with van der Waals surface area (Å²) < 4.78 is 27.8. The van der Waals surface area contributed by atoms with Crippen LogP contribution in [0.2, 0.25) is 0 Å². The van der Waals surface area contributed by atoms with Crippen LogP contribution in [0.3, 0.4) is 0 Å². The molecule has 0 aliphatic rings. The molecule has 0 N–H and O–H groups in total. The molecule has 0 amide bonds. The van der Waals surface area contributed by atoms with E-state index in [4.69, 9.17) is 10.3 Å². The summed E-state index contributed by atoms with van der Waals surface area (Å²) in [4.78, 5) is 0. The first-order valence-corrected chi connectivity index (χ1v) is 6.50. The maximum Gasteiger partial charge on any atom is 0.282 e. The van der Waals surface area contributed by atoms with Crippen LogP contribution in [0.1, 0.15) is 0 Å². The zero-order valence-corrected chi connectivity index (χ0v) is 9.16. The van der Waals surface area contributed by atoms with Crippen molar-refractivity contribution in [1.29, 1.82) is 0 Å². The van der Waals surface area contributed by atoms with E-state index in [2.05, 4.69) is 16.7 Å². The number of nitrogens with zero attached hydrogens (tertiary/aromatic N) is 1. The molecular formula is C6H8INO3S. The molecule has 6 heteroatoms. The summed E-state index contributed by atoms with van der Waals surface area (Å²) in [5, 5.41) is 2.05. The molecule has 0 spiro atoms. The molecule has 1 aromatic rings. The Balaban J connectivity index is 0.000000261. The van der Waals surface area contributed by atoms with Crippen LogP contribution in [0.25, 0.3) is 0 Å². The summed E-state index contributed by atoms with van der Waals surface area (Å²) in [5.74, 6) is 0. The number of hydrogen-bond donors (Lipinski definition) is 0. The predicted octanol–water partition coefficient (Wildman–Crippen LogP) is -5.34. The van der Waals surface area contributed by atoms with Crippen molar-refractivity contribution in [2.45, 2.75) is 6.54 Å². The van der Waals surface area contributed by atoms with Crippen molar-refractivity contribution in [3.63, 3.8) is 0 Å². The van der Waals surface area contributed by atoms with Crippen molar-refractivity contribution >= 4 is 11.3 Å².